The summed E-state index contributed by atoms with van der Waals surface area (Å²) in [6.07, 6.45) is 1.63. The Balaban J connectivity index is 2.83. The highest BCUT2D eigenvalue weighted by atomic mass is 16.5. The normalized spacial score (nSPS) is 9.64. The molecule has 0 fully saturated rings. The van der Waals surface area contributed by atoms with Gasteiger partial charge < -0.3 is 9.84 Å². The van der Waals surface area contributed by atoms with Gasteiger partial charge in [0.05, 0.1) is 13.2 Å². The molecule has 0 bridgehead atoms. The zero-order chi connectivity index (χ0) is 8.10. The third-order valence-corrected chi connectivity index (χ3v) is 1.30. The van der Waals surface area contributed by atoms with E-state index in [1.165, 1.54) is 0 Å². The van der Waals surface area contributed by atoms with E-state index in [1.54, 1.807) is 18.3 Å². The second-order valence-electron chi connectivity index (χ2n) is 2.04. The molecule has 3 nitrogen and oxygen atoms in total. The summed E-state index contributed by atoms with van der Waals surface area (Å²) in [4.78, 5) is 3.94. The van der Waals surface area contributed by atoms with E-state index < -0.39 is 0 Å². The SMILES string of the molecule is CCOc1cccnc1CO. The summed E-state index contributed by atoms with van der Waals surface area (Å²) in [6, 6.07) is 3.58. The van der Waals surface area contributed by atoms with Crippen LogP contribution in [0.4, 0.5) is 0 Å². The third kappa shape index (κ3) is 1.91. The molecule has 0 aromatic carbocycles. The molecule has 1 aromatic rings. The molecule has 1 N–H and O–H groups in total. The number of aliphatic hydroxyl groups excluding tert-OH is 1. The second kappa shape index (κ2) is 3.93. The summed E-state index contributed by atoms with van der Waals surface area (Å²) in [7, 11) is 0. The molecule has 0 aliphatic heterocycles. The van der Waals surface area contributed by atoms with Gasteiger partial charge in [-0.05, 0) is 19.1 Å². The van der Waals surface area contributed by atoms with Crippen LogP contribution in [0, 0.1) is 0 Å². The van der Waals surface area contributed by atoms with Crippen molar-refractivity contribution >= 4 is 0 Å². The average Bonchev–Trinajstić information content (AvgIpc) is 2.06. The number of rotatable bonds is 3. The van der Waals surface area contributed by atoms with Gasteiger partial charge in [-0.15, -0.1) is 0 Å². The highest BCUT2D eigenvalue weighted by Crippen LogP contribution is 2.14. The molecular weight excluding hydrogens is 142 g/mol. The molecule has 0 atom stereocenters. The van der Waals surface area contributed by atoms with E-state index in [1.807, 2.05) is 6.92 Å². The average molecular weight is 153 g/mol. The lowest BCUT2D eigenvalue weighted by Crippen LogP contribution is -1.98. The van der Waals surface area contributed by atoms with Crippen LogP contribution >= 0.6 is 0 Å². The van der Waals surface area contributed by atoms with Crippen LogP contribution in [0.15, 0.2) is 18.3 Å². The zero-order valence-electron chi connectivity index (χ0n) is 6.45. The maximum absolute atomic E-state index is 8.80. The van der Waals surface area contributed by atoms with Gasteiger partial charge >= 0.3 is 0 Å². The molecular formula is C8H11NO2. The van der Waals surface area contributed by atoms with Crippen molar-refractivity contribution in [2.75, 3.05) is 6.61 Å². The van der Waals surface area contributed by atoms with E-state index in [2.05, 4.69) is 4.98 Å². The Kier molecular flexibility index (Phi) is 2.86. The Morgan fingerprint density at radius 3 is 3.09 bits per heavy atom. The molecule has 0 aliphatic carbocycles. The summed E-state index contributed by atoms with van der Waals surface area (Å²) >= 11 is 0. The van der Waals surface area contributed by atoms with Crippen molar-refractivity contribution in [2.45, 2.75) is 13.5 Å². The fourth-order valence-corrected chi connectivity index (χ4v) is 0.829. The molecule has 0 saturated carbocycles. The number of hydrogen-bond acceptors (Lipinski definition) is 3. The number of aromatic nitrogens is 1. The van der Waals surface area contributed by atoms with E-state index in [9.17, 15) is 0 Å². The fourth-order valence-electron chi connectivity index (χ4n) is 0.829. The van der Waals surface area contributed by atoms with Crippen molar-refractivity contribution < 1.29 is 9.84 Å². The summed E-state index contributed by atoms with van der Waals surface area (Å²) < 4.78 is 5.21. The first kappa shape index (κ1) is 8.01. The minimum atomic E-state index is -0.0732. The predicted octanol–water partition coefficient (Wildman–Crippen LogP) is 0.973. The zero-order valence-corrected chi connectivity index (χ0v) is 6.45. The van der Waals surface area contributed by atoms with Gasteiger partial charge in [-0.1, -0.05) is 0 Å². The van der Waals surface area contributed by atoms with Gasteiger partial charge in [-0.2, -0.15) is 0 Å². The highest BCUT2D eigenvalue weighted by molar-refractivity contribution is 5.25. The van der Waals surface area contributed by atoms with Gasteiger partial charge in [0, 0.05) is 6.20 Å². The standard InChI is InChI=1S/C8H11NO2/c1-2-11-8-4-3-5-9-7(8)6-10/h3-5,10H,2,6H2,1H3. The number of nitrogens with zero attached hydrogens (tertiary/aromatic N) is 1. The van der Waals surface area contributed by atoms with Gasteiger partial charge in [0.25, 0.3) is 0 Å². The first-order valence-corrected chi connectivity index (χ1v) is 3.56. The Morgan fingerprint density at radius 2 is 2.45 bits per heavy atom. The van der Waals surface area contributed by atoms with Crippen molar-refractivity contribution in [3.63, 3.8) is 0 Å². The number of ether oxygens (including phenoxy) is 1. The first-order valence-electron chi connectivity index (χ1n) is 3.56. The lowest BCUT2D eigenvalue weighted by Gasteiger charge is -2.05. The van der Waals surface area contributed by atoms with Crippen molar-refractivity contribution in [1.29, 1.82) is 0 Å². The molecule has 60 valence electrons. The molecule has 11 heavy (non-hydrogen) atoms. The van der Waals surface area contributed by atoms with Crippen LogP contribution in [0.25, 0.3) is 0 Å². The van der Waals surface area contributed by atoms with Crippen LogP contribution < -0.4 is 4.74 Å². The Hall–Kier alpha value is -1.09. The summed E-state index contributed by atoms with van der Waals surface area (Å²) in [5.41, 5.74) is 0.592. The summed E-state index contributed by atoms with van der Waals surface area (Å²) in [5.74, 6) is 0.664. The number of pyridine rings is 1. The van der Waals surface area contributed by atoms with Gasteiger partial charge in [-0.3, -0.25) is 4.98 Å². The molecule has 0 spiro atoms. The maximum Gasteiger partial charge on any atom is 0.143 e. The lowest BCUT2D eigenvalue weighted by atomic mass is 10.3. The highest BCUT2D eigenvalue weighted by Gasteiger charge is 2.00. The third-order valence-electron chi connectivity index (χ3n) is 1.30. The predicted molar refractivity (Wildman–Crippen MR) is 41.3 cm³/mol. The molecule has 0 aliphatic rings. The lowest BCUT2D eigenvalue weighted by molar-refractivity contribution is 0.261. The molecule has 1 aromatic heterocycles. The second-order valence-corrected chi connectivity index (χ2v) is 2.04. The van der Waals surface area contributed by atoms with Crippen molar-refractivity contribution in [3.8, 4) is 5.75 Å². The molecule has 0 saturated heterocycles. The van der Waals surface area contributed by atoms with Crippen molar-refractivity contribution in [2.24, 2.45) is 0 Å². The molecule has 3 heteroatoms. The molecule has 0 amide bonds. The van der Waals surface area contributed by atoms with E-state index in [4.69, 9.17) is 9.84 Å². The molecule has 1 rings (SSSR count). The van der Waals surface area contributed by atoms with Crippen LogP contribution in [0.1, 0.15) is 12.6 Å². The fraction of sp³-hybridized carbons (Fsp3) is 0.375. The monoisotopic (exact) mass is 153 g/mol. The summed E-state index contributed by atoms with van der Waals surface area (Å²) in [6.45, 7) is 2.42. The first-order chi connectivity index (χ1) is 5.38. The van der Waals surface area contributed by atoms with E-state index in [0.717, 1.165) is 0 Å². The van der Waals surface area contributed by atoms with Crippen LogP contribution in [0.2, 0.25) is 0 Å². The van der Waals surface area contributed by atoms with Gasteiger partial charge in [0.1, 0.15) is 11.4 Å². The Bertz CT molecular complexity index is 225. The van der Waals surface area contributed by atoms with Gasteiger partial charge in [0.2, 0.25) is 0 Å². The van der Waals surface area contributed by atoms with Gasteiger partial charge in [0.15, 0.2) is 0 Å². The summed E-state index contributed by atoms with van der Waals surface area (Å²) in [5, 5.41) is 8.80. The molecule has 0 radical (unpaired) electrons. The van der Waals surface area contributed by atoms with E-state index in [-0.39, 0.29) is 6.61 Å². The Labute approximate surface area is 65.7 Å². The van der Waals surface area contributed by atoms with Crippen molar-refractivity contribution in [1.82, 2.24) is 4.98 Å². The largest absolute Gasteiger partial charge is 0.492 e. The topological polar surface area (TPSA) is 42.4 Å². The maximum atomic E-state index is 8.80. The minimum Gasteiger partial charge on any atom is -0.492 e. The van der Waals surface area contributed by atoms with Gasteiger partial charge in [-0.25, -0.2) is 0 Å². The van der Waals surface area contributed by atoms with Crippen LogP contribution in [-0.2, 0) is 6.61 Å². The minimum absolute atomic E-state index is 0.0732. The number of hydrogen-bond donors (Lipinski definition) is 1. The van der Waals surface area contributed by atoms with Crippen LogP contribution in [-0.4, -0.2) is 16.7 Å². The van der Waals surface area contributed by atoms with Crippen molar-refractivity contribution in [3.05, 3.63) is 24.0 Å². The smallest absolute Gasteiger partial charge is 0.143 e. The van der Waals surface area contributed by atoms with Crippen LogP contribution in [0.5, 0.6) is 5.75 Å². The molecule has 0 unspecified atom stereocenters. The number of aliphatic hydroxyl groups is 1. The quantitative estimate of drug-likeness (QED) is 0.703. The van der Waals surface area contributed by atoms with E-state index in [0.29, 0.717) is 18.1 Å². The van der Waals surface area contributed by atoms with E-state index >= 15 is 0 Å². The van der Waals surface area contributed by atoms with Crippen LogP contribution in [0.3, 0.4) is 0 Å². The molecule has 1 heterocycles. The Morgan fingerprint density at radius 1 is 1.64 bits per heavy atom.